The minimum atomic E-state index is -0.704. The Morgan fingerprint density at radius 2 is 1.53 bits per heavy atom. The maximum Gasteiger partial charge on any atom is 0.317 e. The number of hydrogen-bond acceptors (Lipinski definition) is 3. The Hall–Kier alpha value is -1.79. The number of nitrogens with two attached hydrogens (primary N) is 1. The van der Waals surface area contributed by atoms with E-state index in [1.165, 1.54) is 6.92 Å². The minimum Gasteiger partial charge on any atom is -0.369 e. The Bertz CT molecular complexity index is 362. The molecule has 0 bridgehead atoms. The van der Waals surface area contributed by atoms with Crippen LogP contribution in [0, 0.1) is 5.92 Å². The fraction of sp³-hybridized carbons (Fsp3) is 0.667. The predicted octanol–water partition coefficient (Wildman–Crippen LogP) is -0.672. The second kappa shape index (κ2) is 6.40. The normalized spacial score (nSPS) is 15.8. The number of piperazine rings is 1. The van der Waals surface area contributed by atoms with Crippen LogP contribution in [-0.4, -0.2) is 59.9 Å². The van der Waals surface area contributed by atoms with Crippen LogP contribution >= 0.6 is 0 Å². The summed E-state index contributed by atoms with van der Waals surface area (Å²) in [5, 5.41) is 2.80. The first-order valence-electron chi connectivity index (χ1n) is 6.31. The van der Waals surface area contributed by atoms with Crippen LogP contribution in [0.1, 0.15) is 20.8 Å². The predicted molar refractivity (Wildman–Crippen MR) is 69.9 cm³/mol. The molecule has 0 aromatic carbocycles. The SMILES string of the molecule is C[C](C(N)=O)C(=O)N1CCN(C(=O)NC(C)C)CC1. The molecule has 0 unspecified atom stereocenters. The first-order valence-corrected chi connectivity index (χ1v) is 6.31. The highest BCUT2D eigenvalue weighted by Crippen LogP contribution is 2.09. The molecule has 1 aliphatic heterocycles. The lowest BCUT2D eigenvalue weighted by Crippen LogP contribution is -2.55. The monoisotopic (exact) mass is 269 g/mol. The van der Waals surface area contributed by atoms with Crippen molar-refractivity contribution in [1.82, 2.24) is 15.1 Å². The molecule has 1 aliphatic rings. The van der Waals surface area contributed by atoms with E-state index in [1.54, 1.807) is 9.80 Å². The summed E-state index contributed by atoms with van der Waals surface area (Å²) in [6, 6.07) is -0.0460. The average Bonchev–Trinajstić information content (AvgIpc) is 2.36. The molecule has 0 atom stereocenters. The van der Waals surface area contributed by atoms with E-state index in [2.05, 4.69) is 5.32 Å². The molecule has 1 rings (SSSR count). The average molecular weight is 269 g/mol. The van der Waals surface area contributed by atoms with Crippen molar-refractivity contribution in [2.45, 2.75) is 26.8 Å². The van der Waals surface area contributed by atoms with Gasteiger partial charge in [-0.2, -0.15) is 0 Å². The van der Waals surface area contributed by atoms with E-state index >= 15 is 0 Å². The largest absolute Gasteiger partial charge is 0.369 e. The van der Waals surface area contributed by atoms with Gasteiger partial charge in [-0.3, -0.25) is 9.59 Å². The van der Waals surface area contributed by atoms with E-state index in [0.29, 0.717) is 26.2 Å². The maximum atomic E-state index is 11.9. The molecule has 19 heavy (non-hydrogen) atoms. The molecule has 0 aromatic rings. The molecule has 0 aromatic heterocycles. The van der Waals surface area contributed by atoms with Crippen LogP contribution < -0.4 is 11.1 Å². The van der Waals surface area contributed by atoms with Gasteiger partial charge in [0.15, 0.2) is 0 Å². The Morgan fingerprint density at radius 3 is 1.95 bits per heavy atom. The molecule has 4 amide bonds. The highest BCUT2D eigenvalue weighted by Gasteiger charge is 2.29. The Labute approximate surface area is 113 Å². The quantitative estimate of drug-likeness (QED) is 0.665. The summed E-state index contributed by atoms with van der Waals surface area (Å²) in [5.41, 5.74) is 5.08. The maximum absolute atomic E-state index is 11.9. The van der Waals surface area contributed by atoms with Crippen LogP contribution in [0.15, 0.2) is 0 Å². The molecule has 3 N–H and O–H groups in total. The van der Waals surface area contributed by atoms with E-state index in [1.807, 2.05) is 13.8 Å². The lowest BCUT2D eigenvalue weighted by molar-refractivity contribution is -0.133. The van der Waals surface area contributed by atoms with Crippen molar-refractivity contribution in [2.24, 2.45) is 5.73 Å². The number of carbonyl (C=O) groups is 3. The second-order valence-electron chi connectivity index (χ2n) is 4.87. The van der Waals surface area contributed by atoms with Crippen molar-refractivity contribution < 1.29 is 14.4 Å². The van der Waals surface area contributed by atoms with Crippen molar-refractivity contribution in [2.75, 3.05) is 26.2 Å². The summed E-state index contributed by atoms with van der Waals surface area (Å²) >= 11 is 0. The van der Waals surface area contributed by atoms with Gasteiger partial charge in [0.1, 0.15) is 5.92 Å². The number of urea groups is 1. The minimum absolute atomic E-state index is 0.0279. The molecular weight excluding hydrogens is 248 g/mol. The number of rotatable bonds is 3. The zero-order valence-electron chi connectivity index (χ0n) is 11.6. The third-order valence-electron chi connectivity index (χ3n) is 2.96. The Kier molecular flexibility index (Phi) is 5.14. The zero-order chi connectivity index (χ0) is 14.6. The highest BCUT2D eigenvalue weighted by molar-refractivity contribution is 6.13. The van der Waals surface area contributed by atoms with Crippen molar-refractivity contribution in [3.8, 4) is 0 Å². The summed E-state index contributed by atoms with van der Waals surface area (Å²) in [4.78, 5) is 37.8. The summed E-state index contributed by atoms with van der Waals surface area (Å²) < 4.78 is 0. The lowest BCUT2D eigenvalue weighted by Gasteiger charge is -2.35. The second-order valence-corrected chi connectivity index (χ2v) is 4.87. The van der Waals surface area contributed by atoms with E-state index in [-0.39, 0.29) is 23.9 Å². The van der Waals surface area contributed by atoms with Crippen molar-refractivity contribution >= 4 is 17.8 Å². The van der Waals surface area contributed by atoms with Crippen molar-refractivity contribution in [3.05, 3.63) is 5.92 Å². The van der Waals surface area contributed by atoms with Crippen LogP contribution in [0.25, 0.3) is 0 Å². The van der Waals surface area contributed by atoms with Crippen molar-refractivity contribution in [1.29, 1.82) is 0 Å². The van der Waals surface area contributed by atoms with Gasteiger partial charge in [-0.25, -0.2) is 4.79 Å². The van der Waals surface area contributed by atoms with Gasteiger partial charge in [-0.05, 0) is 20.8 Å². The molecule has 1 radical (unpaired) electrons. The number of carbonyl (C=O) groups excluding carboxylic acids is 3. The van der Waals surface area contributed by atoms with E-state index in [4.69, 9.17) is 5.73 Å². The molecule has 107 valence electrons. The van der Waals surface area contributed by atoms with Crippen LogP contribution in [0.5, 0.6) is 0 Å². The summed E-state index contributed by atoms with van der Waals surface area (Å²) in [6.07, 6.45) is 0. The molecule has 0 saturated carbocycles. The topological polar surface area (TPSA) is 95.7 Å². The Morgan fingerprint density at radius 1 is 1.05 bits per heavy atom. The van der Waals surface area contributed by atoms with Gasteiger partial charge >= 0.3 is 6.03 Å². The molecule has 7 nitrogen and oxygen atoms in total. The zero-order valence-corrected chi connectivity index (χ0v) is 11.6. The fourth-order valence-corrected chi connectivity index (χ4v) is 1.79. The molecule has 1 fully saturated rings. The van der Waals surface area contributed by atoms with Gasteiger partial charge in [0.25, 0.3) is 0 Å². The first kappa shape index (κ1) is 15.3. The van der Waals surface area contributed by atoms with Crippen molar-refractivity contribution in [3.63, 3.8) is 0 Å². The van der Waals surface area contributed by atoms with Crippen LogP contribution in [0.3, 0.4) is 0 Å². The third-order valence-corrected chi connectivity index (χ3v) is 2.96. The van der Waals surface area contributed by atoms with Crippen LogP contribution in [0.2, 0.25) is 0 Å². The van der Waals surface area contributed by atoms with E-state index in [0.717, 1.165) is 0 Å². The molecule has 0 aliphatic carbocycles. The van der Waals surface area contributed by atoms with Gasteiger partial charge in [-0.1, -0.05) is 0 Å². The van der Waals surface area contributed by atoms with Gasteiger partial charge in [0.2, 0.25) is 11.8 Å². The Balaban J connectivity index is 2.47. The number of hydrogen-bond donors (Lipinski definition) is 2. The first-order chi connectivity index (χ1) is 8.82. The lowest BCUT2D eigenvalue weighted by atomic mass is 10.1. The summed E-state index contributed by atoms with van der Waals surface area (Å²) in [5.74, 6) is -1.03. The van der Waals surface area contributed by atoms with Crippen LogP contribution in [0.4, 0.5) is 4.79 Å². The number of nitrogens with zero attached hydrogens (tertiary/aromatic N) is 2. The van der Waals surface area contributed by atoms with Gasteiger partial charge in [-0.15, -0.1) is 0 Å². The molecule has 0 spiro atoms. The van der Waals surface area contributed by atoms with E-state index in [9.17, 15) is 14.4 Å². The molecule has 7 heteroatoms. The summed E-state index contributed by atoms with van der Waals surface area (Å²) in [7, 11) is 0. The number of primary amides is 1. The third kappa shape index (κ3) is 4.11. The van der Waals surface area contributed by atoms with E-state index < -0.39 is 5.91 Å². The van der Waals surface area contributed by atoms with Gasteiger partial charge in [0, 0.05) is 32.2 Å². The smallest absolute Gasteiger partial charge is 0.317 e. The number of nitrogens with one attached hydrogen (secondary N) is 1. The molecule has 1 saturated heterocycles. The van der Waals surface area contributed by atoms with Crippen LogP contribution in [-0.2, 0) is 9.59 Å². The highest BCUT2D eigenvalue weighted by atomic mass is 16.2. The summed E-state index contributed by atoms with van der Waals surface area (Å²) in [6.45, 7) is 6.94. The van der Waals surface area contributed by atoms with Gasteiger partial charge in [0.05, 0.1) is 0 Å². The fourth-order valence-electron chi connectivity index (χ4n) is 1.79. The molecule has 1 heterocycles. The number of amides is 4. The standard InChI is InChI=1S/C12H21N4O3/c1-8(2)14-12(19)16-6-4-15(5-7-16)11(18)9(3)10(13)17/h8H,4-7H2,1-3H3,(H2,13,17)(H,14,19). The molecular formula is C12H21N4O3. The van der Waals surface area contributed by atoms with Gasteiger partial charge < -0.3 is 20.9 Å².